The lowest BCUT2D eigenvalue weighted by molar-refractivity contribution is -0.138. The molecule has 0 aliphatic carbocycles. The Hall–Kier alpha value is -2.14. The largest absolute Gasteiger partial charge is 0.463 e. The molecular weight excluding hydrogens is 314 g/mol. The van der Waals surface area contributed by atoms with Crippen molar-refractivity contribution in [3.05, 3.63) is 34.4 Å². The number of aryl methyl sites for hydroxylation is 2. The number of carbonyl (C=O) groups excluding carboxylic acids is 1. The number of rotatable bonds is 9. The fourth-order valence-electron chi connectivity index (χ4n) is 2.74. The van der Waals surface area contributed by atoms with Crippen LogP contribution in [-0.4, -0.2) is 51.4 Å². The maximum absolute atomic E-state index is 12.3. The summed E-state index contributed by atoms with van der Waals surface area (Å²) >= 11 is 0. The minimum atomic E-state index is -0.313. The second kappa shape index (κ2) is 9.99. The maximum Gasteiger partial charge on any atom is 0.335 e. The molecule has 5 nitrogen and oxygen atoms in total. The summed E-state index contributed by atoms with van der Waals surface area (Å²) in [5.74, 6) is -0.313. The van der Waals surface area contributed by atoms with Gasteiger partial charge in [0.15, 0.2) is 0 Å². The van der Waals surface area contributed by atoms with Gasteiger partial charge in [-0.25, -0.2) is 4.79 Å². The van der Waals surface area contributed by atoms with Gasteiger partial charge < -0.3 is 15.0 Å². The van der Waals surface area contributed by atoms with E-state index in [4.69, 9.17) is 4.74 Å². The highest BCUT2D eigenvalue weighted by Crippen LogP contribution is 2.31. The molecule has 0 unspecified atom stereocenters. The molecule has 0 aliphatic heterocycles. The monoisotopic (exact) mass is 345 g/mol. The third kappa shape index (κ3) is 6.02. The topological polar surface area (TPSA) is 53.9 Å². The van der Waals surface area contributed by atoms with Crippen LogP contribution in [0.4, 0.5) is 5.69 Å². The predicted molar refractivity (Wildman–Crippen MR) is 106 cm³/mol. The van der Waals surface area contributed by atoms with E-state index in [2.05, 4.69) is 28.0 Å². The van der Waals surface area contributed by atoms with Crippen LogP contribution in [0.25, 0.3) is 5.70 Å². The Labute approximate surface area is 151 Å². The molecule has 0 saturated carbocycles. The molecule has 1 N–H and O–H groups in total. The number of ether oxygens (including phenoxy) is 1. The molecule has 1 aromatic carbocycles. The molecule has 5 heteroatoms. The number of hydrogen-bond donors (Lipinski definition) is 1. The summed E-state index contributed by atoms with van der Waals surface area (Å²) in [6.07, 6.45) is 0.967. The van der Waals surface area contributed by atoms with Gasteiger partial charge in [0.05, 0.1) is 23.6 Å². The zero-order valence-electron chi connectivity index (χ0n) is 16.4. The molecule has 0 saturated heterocycles. The van der Waals surface area contributed by atoms with Gasteiger partial charge in [0.2, 0.25) is 0 Å². The lowest BCUT2D eigenvalue weighted by Gasteiger charge is -2.19. The van der Waals surface area contributed by atoms with Crippen LogP contribution >= 0.6 is 0 Å². The number of aliphatic imine (C=N–C) groups is 1. The molecule has 0 bridgehead atoms. The van der Waals surface area contributed by atoms with E-state index in [1.165, 1.54) is 0 Å². The van der Waals surface area contributed by atoms with Gasteiger partial charge in [-0.3, -0.25) is 4.99 Å². The Kier molecular flexibility index (Phi) is 8.35. The minimum absolute atomic E-state index is 0.313. The fraction of sp³-hybridized carbons (Fsp3) is 0.500. The van der Waals surface area contributed by atoms with E-state index in [-0.39, 0.29) is 5.97 Å². The Bertz CT molecular complexity index is 649. The zero-order chi connectivity index (χ0) is 19.0. The first-order valence-electron chi connectivity index (χ1n) is 8.66. The van der Waals surface area contributed by atoms with E-state index < -0.39 is 0 Å². The van der Waals surface area contributed by atoms with Crippen LogP contribution in [0.2, 0.25) is 0 Å². The van der Waals surface area contributed by atoms with Crippen molar-refractivity contribution in [2.75, 3.05) is 33.8 Å². The van der Waals surface area contributed by atoms with Gasteiger partial charge in [0, 0.05) is 12.1 Å². The van der Waals surface area contributed by atoms with Crippen LogP contribution in [0.3, 0.4) is 0 Å². The summed E-state index contributed by atoms with van der Waals surface area (Å²) in [6, 6.07) is 4.10. The number of hydrogen-bond acceptors (Lipinski definition) is 5. The molecule has 0 fully saturated rings. The van der Waals surface area contributed by atoms with Gasteiger partial charge in [-0.2, -0.15) is 0 Å². The Morgan fingerprint density at radius 3 is 2.56 bits per heavy atom. The number of benzene rings is 1. The maximum atomic E-state index is 12.3. The first kappa shape index (κ1) is 20.9. The van der Waals surface area contributed by atoms with Crippen molar-refractivity contribution < 1.29 is 9.53 Å². The lowest BCUT2D eigenvalue weighted by atomic mass is 9.99. The van der Waals surface area contributed by atoms with Gasteiger partial charge >= 0.3 is 5.97 Å². The molecule has 138 valence electrons. The lowest BCUT2D eigenvalue weighted by Crippen LogP contribution is -2.23. The summed E-state index contributed by atoms with van der Waals surface area (Å²) in [7, 11) is 4.09. The van der Waals surface area contributed by atoms with Crippen molar-refractivity contribution in [3.63, 3.8) is 0 Å². The van der Waals surface area contributed by atoms with Crippen molar-refractivity contribution in [1.29, 1.82) is 0 Å². The van der Waals surface area contributed by atoms with E-state index >= 15 is 0 Å². The number of esters is 1. The molecule has 0 spiro atoms. The summed E-state index contributed by atoms with van der Waals surface area (Å²) < 4.78 is 5.19. The Morgan fingerprint density at radius 2 is 2.00 bits per heavy atom. The summed E-state index contributed by atoms with van der Waals surface area (Å²) in [5.41, 5.74) is 5.17. The highest BCUT2D eigenvalue weighted by molar-refractivity contribution is 5.98. The smallest absolute Gasteiger partial charge is 0.335 e. The van der Waals surface area contributed by atoms with Gasteiger partial charge in [-0.15, -0.1) is 0 Å². The van der Waals surface area contributed by atoms with Crippen LogP contribution < -0.4 is 5.32 Å². The van der Waals surface area contributed by atoms with Gasteiger partial charge in [-0.1, -0.05) is 11.6 Å². The Balaban J connectivity index is 3.29. The van der Waals surface area contributed by atoms with Crippen molar-refractivity contribution in [1.82, 2.24) is 10.2 Å². The van der Waals surface area contributed by atoms with Gasteiger partial charge in [-0.05, 0) is 73.1 Å². The molecule has 0 heterocycles. The summed E-state index contributed by atoms with van der Waals surface area (Å²) in [5, 5.41) is 3.42. The molecule has 0 radical (unpaired) electrons. The van der Waals surface area contributed by atoms with Gasteiger partial charge in [0.1, 0.15) is 0 Å². The molecule has 0 aromatic heterocycles. The second-order valence-corrected chi connectivity index (χ2v) is 6.44. The summed E-state index contributed by atoms with van der Waals surface area (Å²) in [6.45, 7) is 13.4. The van der Waals surface area contributed by atoms with Gasteiger partial charge in [0.25, 0.3) is 0 Å². The van der Waals surface area contributed by atoms with E-state index in [0.29, 0.717) is 12.2 Å². The molecule has 0 aliphatic rings. The SMILES string of the molecule is C=Nc1c(C)cc(C)cc1/C(NCCCN(C)C)=C(\C)C(=O)OCC. The number of nitrogens with one attached hydrogen (secondary N) is 1. The van der Waals surface area contributed by atoms with Crippen molar-refractivity contribution >= 4 is 24.1 Å². The molecule has 0 atom stereocenters. The first-order valence-corrected chi connectivity index (χ1v) is 8.66. The van der Waals surface area contributed by atoms with Crippen molar-refractivity contribution in [3.8, 4) is 0 Å². The van der Waals surface area contributed by atoms with E-state index in [1.54, 1.807) is 6.92 Å². The van der Waals surface area contributed by atoms with E-state index in [0.717, 1.165) is 47.6 Å². The average Bonchev–Trinajstić information content (AvgIpc) is 2.53. The van der Waals surface area contributed by atoms with E-state index in [9.17, 15) is 4.79 Å². The second-order valence-electron chi connectivity index (χ2n) is 6.44. The van der Waals surface area contributed by atoms with Crippen LogP contribution in [0.5, 0.6) is 0 Å². The predicted octanol–water partition coefficient (Wildman–Crippen LogP) is 3.47. The summed E-state index contributed by atoms with van der Waals surface area (Å²) in [4.78, 5) is 18.6. The minimum Gasteiger partial charge on any atom is -0.463 e. The standard InChI is InChI=1S/C20H31N3O2/c1-8-25-20(24)16(4)19(22-10-9-11-23(6)7)17-13-14(2)12-15(3)18(17)21-5/h12-13,22H,5,8-11H2,1-4,6-7H3/b19-16-. The first-order chi connectivity index (χ1) is 11.8. The molecule has 1 aromatic rings. The third-order valence-corrected chi connectivity index (χ3v) is 3.91. The van der Waals surface area contributed by atoms with Crippen molar-refractivity contribution in [2.45, 2.75) is 34.1 Å². The van der Waals surface area contributed by atoms with Crippen LogP contribution in [0.1, 0.15) is 37.0 Å². The van der Waals surface area contributed by atoms with Crippen LogP contribution in [0, 0.1) is 13.8 Å². The molecule has 0 amide bonds. The third-order valence-electron chi connectivity index (χ3n) is 3.91. The fourth-order valence-corrected chi connectivity index (χ4v) is 2.74. The Morgan fingerprint density at radius 1 is 1.32 bits per heavy atom. The van der Waals surface area contributed by atoms with Crippen LogP contribution in [0.15, 0.2) is 22.7 Å². The van der Waals surface area contributed by atoms with Crippen molar-refractivity contribution in [2.24, 2.45) is 4.99 Å². The molecule has 25 heavy (non-hydrogen) atoms. The molecule has 1 rings (SSSR count). The quantitative estimate of drug-likeness (QED) is 0.322. The molecular formula is C20H31N3O2. The highest BCUT2D eigenvalue weighted by Gasteiger charge is 2.17. The normalized spacial score (nSPS) is 12.0. The number of carbonyl (C=O) groups is 1. The zero-order valence-corrected chi connectivity index (χ0v) is 16.4. The average molecular weight is 345 g/mol. The van der Waals surface area contributed by atoms with Crippen LogP contribution in [-0.2, 0) is 9.53 Å². The highest BCUT2D eigenvalue weighted by atomic mass is 16.5. The number of nitrogens with zero attached hydrogens (tertiary/aromatic N) is 2. The van der Waals surface area contributed by atoms with E-state index in [1.807, 2.05) is 40.9 Å².